The first-order chi connectivity index (χ1) is 15.3. The third kappa shape index (κ3) is 5.64. The minimum absolute atomic E-state index is 0.122. The number of nitrogens with one attached hydrogen (secondary N) is 2. The van der Waals surface area contributed by atoms with Crippen LogP contribution < -0.4 is 15.5 Å². The van der Waals surface area contributed by atoms with Crippen LogP contribution in [-0.4, -0.2) is 62.1 Å². The molecule has 8 nitrogen and oxygen atoms in total. The Morgan fingerprint density at radius 2 is 1.78 bits per heavy atom. The van der Waals surface area contributed by atoms with Crippen molar-refractivity contribution in [3.05, 3.63) is 59.2 Å². The van der Waals surface area contributed by atoms with Crippen LogP contribution in [-0.2, 0) is 9.53 Å². The molecule has 8 heteroatoms. The number of esters is 1. The summed E-state index contributed by atoms with van der Waals surface area (Å²) in [5.41, 5.74) is 4.26. The zero-order valence-electron chi connectivity index (χ0n) is 19.0. The van der Waals surface area contributed by atoms with E-state index in [9.17, 15) is 14.4 Å². The van der Waals surface area contributed by atoms with E-state index < -0.39 is 6.03 Å². The molecular formula is C24H30N4O4. The summed E-state index contributed by atoms with van der Waals surface area (Å²) < 4.78 is 4.74. The van der Waals surface area contributed by atoms with E-state index in [1.54, 1.807) is 12.1 Å². The van der Waals surface area contributed by atoms with E-state index in [1.165, 1.54) is 7.11 Å². The lowest BCUT2D eigenvalue weighted by atomic mass is 10.1. The summed E-state index contributed by atoms with van der Waals surface area (Å²) >= 11 is 0. The van der Waals surface area contributed by atoms with Crippen molar-refractivity contribution in [3.8, 4) is 0 Å². The summed E-state index contributed by atoms with van der Waals surface area (Å²) in [6.07, 6.45) is 0. The van der Waals surface area contributed by atoms with Gasteiger partial charge in [0, 0.05) is 37.1 Å². The number of urea groups is 1. The van der Waals surface area contributed by atoms with E-state index in [0.717, 1.165) is 29.9 Å². The Hall–Kier alpha value is -3.39. The van der Waals surface area contributed by atoms with E-state index in [1.807, 2.05) is 44.2 Å². The van der Waals surface area contributed by atoms with Gasteiger partial charge in [0.2, 0.25) is 5.91 Å². The van der Waals surface area contributed by atoms with Gasteiger partial charge in [0.05, 0.1) is 19.2 Å². The minimum Gasteiger partial charge on any atom is -0.465 e. The fourth-order valence-electron chi connectivity index (χ4n) is 3.78. The molecule has 170 valence electrons. The molecule has 1 heterocycles. The SMILES string of the molecule is COC(=O)c1ccc(N2CCN(CC(=O)NC(=O)Nc3cccc(C)c3C)C(C)C2)cc1. The topological polar surface area (TPSA) is 91.0 Å². The second-order valence-electron chi connectivity index (χ2n) is 8.05. The van der Waals surface area contributed by atoms with Crippen LogP contribution in [0.25, 0.3) is 0 Å². The highest BCUT2D eigenvalue weighted by molar-refractivity contribution is 6.02. The molecule has 1 saturated heterocycles. The van der Waals surface area contributed by atoms with Crippen LogP contribution in [0.2, 0.25) is 0 Å². The molecule has 1 aliphatic heterocycles. The van der Waals surface area contributed by atoms with Crippen molar-refractivity contribution >= 4 is 29.3 Å². The van der Waals surface area contributed by atoms with Crippen LogP contribution in [0.4, 0.5) is 16.2 Å². The predicted octanol–water partition coefficient (Wildman–Crippen LogP) is 2.95. The molecule has 1 atom stereocenters. The second-order valence-corrected chi connectivity index (χ2v) is 8.05. The van der Waals surface area contributed by atoms with E-state index in [4.69, 9.17) is 4.74 Å². The average Bonchev–Trinajstić information content (AvgIpc) is 2.77. The number of amides is 3. The molecule has 2 aromatic carbocycles. The quantitative estimate of drug-likeness (QED) is 0.698. The number of carbonyl (C=O) groups is 3. The molecule has 2 N–H and O–H groups in total. The highest BCUT2D eigenvalue weighted by Gasteiger charge is 2.26. The van der Waals surface area contributed by atoms with Gasteiger partial charge in [0.25, 0.3) is 0 Å². The van der Waals surface area contributed by atoms with Crippen molar-refractivity contribution in [1.82, 2.24) is 10.2 Å². The molecule has 2 aromatic rings. The lowest BCUT2D eigenvalue weighted by Crippen LogP contribution is -2.55. The number of rotatable bonds is 5. The highest BCUT2D eigenvalue weighted by Crippen LogP contribution is 2.20. The van der Waals surface area contributed by atoms with Gasteiger partial charge in [-0.25, -0.2) is 9.59 Å². The van der Waals surface area contributed by atoms with Gasteiger partial charge in [-0.2, -0.15) is 0 Å². The van der Waals surface area contributed by atoms with Crippen molar-refractivity contribution in [2.75, 3.05) is 43.5 Å². The van der Waals surface area contributed by atoms with Crippen molar-refractivity contribution in [3.63, 3.8) is 0 Å². The maximum atomic E-state index is 12.4. The average molecular weight is 439 g/mol. The normalized spacial score (nSPS) is 16.4. The maximum Gasteiger partial charge on any atom is 0.337 e. The monoisotopic (exact) mass is 438 g/mol. The van der Waals surface area contributed by atoms with Crippen LogP contribution in [0.15, 0.2) is 42.5 Å². The Bertz CT molecular complexity index is 990. The Morgan fingerprint density at radius 3 is 2.44 bits per heavy atom. The predicted molar refractivity (Wildman–Crippen MR) is 124 cm³/mol. The van der Waals surface area contributed by atoms with Crippen LogP contribution in [0.3, 0.4) is 0 Å². The Kier molecular flexibility index (Phi) is 7.48. The minimum atomic E-state index is -0.527. The van der Waals surface area contributed by atoms with Crippen LogP contribution in [0.5, 0.6) is 0 Å². The molecule has 0 aromatic heterocycles. The summed E-state index contributed by atoms with van der Waals surface area (Å²) in [5.74, 6) is -0.696. The number of ether oxygens (including phenoxy) is 1. The summed E-state index contributed by atoms with van der Waals surface area (Å²) in [4.78, 5) is 40.5. The molecule has 0 spiro atoms. The molecule has 0 saturated carbocycles. The van der Waals surface area contributed by atoms with E-state index in [0.29, 0.717) is 17.8 Å². The second kappa shape index (κ2) is 10.3. The van der Waals surface area contributed by atoms with Crippen molar-refractivity contribution in [2.45, 2.75) is 26.8 Å². The van der Waals surface area contributed by atoms with E-state index in [2.05, 4.69) is 27.4 Å². The van der Waals surface area contributed by atoms with Gasteiger partial charge in [-0.15, -0.1) is 0 Å². The van der Waals surface area contributed by atoms with Crippen molar-refractivity contribution in [1.29, 1.82) is 0 Å². The van der Waals surface area contributed by atoms with Gasteiger partial charge in [-0.3, -0.25) is 15.0 Å². The zero-order chi connectivity index (χ0) is 23.3. The number of carbonyl (C=O) groups excluding carboxylic acids is 3. The summed E-state index contributed by atoms with van der Waals surface area (Å²) in [6, 6.07) is 12.5. The number of piperazine rings is 1. The van der Waals surface area contributed by atoms with Gasteiger partial charge in [-0.1, -0.05) is 12.1 Å². The number of imide groups is 1. The number of aryl methyl sites for hydroxylation is 1. The summed E-state index contributed by atoms with van der Waals surface area (Å²) in [5, 5.41) is 5.17. The molecule has 0 aliphatic carbocycles. The zero-order valence-corrected chi connectivity index (χ0v) is 19.0. The molecule has 1 fully saturated rings. The van der Waals surface area contributed by atoms with Gasteiger partial charge in [0.15, 0.2) is 0 Å². The lowest BCUT2D eigenvalue weighted by Gasteiger charge is -2.40. The number of nitrogens with zero attached hydrogens (tertiary/aromatic N) is 2. The molecule has 0 radical (unpaired) electrons. The van der Waals surface area contributed by atoms with Gasteiger partial charge >= 0.3 is 12.0 Å². The van der Waals surface area contributed by atoms with Gasteiger partial charge < -0.3 is 15.0 Å². The van der Waals surface area contributed by atoms with Crippen molar-refractivity contribution in [2.24, 2.45) is 0 Å². The number of benzene rings is 2. The molecule has 0 bridgehead atoms. The highest BCUT2D eigenvalue weighted by atomic mass is 16.5. The molecule has 3 rings (SSSR count). The van der Waals surface area contributed by atoms with Gasteiger partial charge in [0.1, 0.15) is 0 Å². The molecule has 1 aliphatic rings. The third-order valence-electron chi connectivity index (χ3n) is 5.87. The number of methoxy groups -OCH3 is 1. The smallest absolute Gasteiger partial charge is 0.337 e. The largest absolute Gasteiger partial charge is 0.465 e. The Labute approximate surface area is 188 Å². The van der Waals surface area contributed by atoms with Crippen LogP contribution in [0, 0.1) is 13.8 Å². The third-order valence-corrected chi connectivity index (χ3v) is 5.87. The summed E-state index contributed by atoms with van der Waals surface area (Å²) in [7, 11) is 1.36. The fraction of sp³-hybridized carbons (Fsp3) is 0.375. The molecule has 1 unspecified atom stereocenters. The van der Waals surface area contributed by atoms with Crippen LogP contribution in [0.1, 0.15) is 28.4 Å². The van der Waals surface area contributed by atoms with E-state index >= 15 is 0 Å². The Morgan fingerprint density at radius 1 is 1.06 bits per heavy atom. The first-order valence-electron chi connectivity index (χ1n) is 10.6. The molecule has 3 amide bonds. The number of hydrogen-bond acceptors (Lipinski definition) is 6. The number of hydrogen-bond donors (Lipinski definition) is 2. The van der Waals surface area contributed by atoms with Crippen LogP contribution >= 0.6 is 0 Å². The first kappa shape index (κ1) is 23.3. The molecule has 32 heavy (non-hydrogen) atoms. The summed E-state index contributed by atoms with van der Waals surface area (Å²) in [6.45, 7) is 8.26. The first-order valence-corrected chi connectivity index (χ1v) is 10.6. The standard InChI is InChI=1S/C24H30N4O4/c1-16-6-5-7-21(18(16)3)25-24(31)26-22(29)15-27-12-13-28(14-17(27)2)20-10-8-19(9-11-20)23(30)32-4/h5-11,17H,12-15H2,1-4H3,(H2,25,26,29,31). The molecular weight excluding hydrogens is 408 g/mol. The van der Waals surface area contributed by atoms with E-state index in [-0.39, 0.29) is 24.5 Å². The number of anilines is 2. The Balaban J connectivity index is 1.50. The van der Waals surface area contributed by atoms with Gasteiger partial charge in [-0.05, 0) is 62.2 Å². The van der Waals surface area contributed by atoms with Crippen molar-refractivity contribution < 1.29 is 19.1 Å². The lowest BCUT2D eigenvalue weighted by molar-refractivity contribution is -0.121. The maximum absolute atomic E-state index is 12.4. The fourth-order valence-corrected chi connectivity index (χ4v) is 3.78.